The van der Waals surface area contributed by atoms with Gasteiger partial charge in [-0.2, -0.15) is 0 Å². The lowest BCUT2D eigenvalue weighted by Gasteiger charge is -2.10. The maximum atomic E-state index is 12.5. The Bertz CT molecular complexity index is 958. The van der Waals surface area contributed by atoms with Gasteiger partial charge < -0.3 is 10.6 Å². The molecule has 2 aromatic carbocycles. The van der Waals surface area contributed by atoms with E-state index in [2.05, 4.69) is 15.6 Å². The highest BCUT2D eigenvalue weighted by Crippen LogP contribution is 2.20. The number of aromatic nitrogens is 1. The van der Waals surface area contributed by atoms with E-state index >= 15 is 0 Å². The van der Waals surface area contributed by atoms with Gasteiger partial charge in [0.2, 0.25) is 0 Å². The number of amides is 2. The third-order valence-corrected chi connectivity index (χ3v) is 3.97. The van der Waals surface area contributed by atoms with Crippen molar-refractivity contribution in [3.8, 4) is 0 Å². The average molecular weight is 366 g/mol. The topological polar surface area (TPSA) is 71.1 Å². The zero-order chi connectivity index (χ0) is 18.5. The number of benzene rings is 2. The lowest BCUT2D eigenvalue weighted by atomic mass is 10.1. The summed E-state index contributed by atoms with van der Waals surface area (Å²) in [6.45, 7) is 1.85. The fourth-order valence-corrected chi connectivity index (χ4v) is 2.60. The van der Waals surface area contributed by atoms with Crippen molar-refractivity contribution < 1.29 is 9.59 Å². The highest BCUT2D eigenvalue weighted by Gasteiger charge is 2.13. The Morgan fingerprint density at radius 2 is 1.54 bits per heavy atom. The van der Waals surface area contributed by atoms with E-state index in [4.69, 9.17) is 11.6 Å². The summed E-state index contributed by atoms with van der Waals surface area (Å²) in [4.78, 5) is 28.8. The van der Waals surface area contributed by atoms with E-state index in [1.807, 2.05) is 25.1 Å². The monoisotopic (exact) mass is 365 g/mol. The molecule has 0 saturated heterocycles. The van der Waals surface area contributed by atoms with Gasteiger partial charge in [-0.25, -0.2) is 0 Å². The van der Waals surface area contributed by atoms with Gasteiger partial charge >= 0.3 is 0 Å². The first kappa shape index (κ1) is 17.6. The zero-order valence-corrected chi connectivity index (χ0v) is 14.7. The standard InChI is InChI=1S/C20H16ClN3O2/c1-13-9-16(21)7-8-18(13)24-20(26)15-10-14(11-22-12-15)19(25)23-17-5-3-2-4-6-17/h2-12H,1H3,(H,23,25)(H,24,26). The van der Waals surface area contributed by atoms with Gasteiger partial charge in [-0.3, -0.25) is 14.6 Å². The van der Waals surface area contributed by atoms with Crippen molar-refractivity contribution in [1.29, 1.82) is 0 Å². The van der Waals surface area contributed by atoms with Crippen molar-refractivity contribution in [2.75, 3.05) is 10.6 Å². The van der Waals surface area contributed by atoms with Crippen LogP contribution in [0.1, 0.15) is 26.3 Å². The van der Waals surface area contributed by atoms with E-state index in [1.165, 1.54) is 18.5 Å². The van der Waals surface area contributed by atoms with E-state index in [-0.39, 0.29) is 11.8 Å². The van der Waals surface area contributed by atoms with Crippen molar-refractivity contribution in [1.82, 2.24) is 4.98 Å². The first-order chi connectivity index (χ1) is 12.5. The molecule has 1 aromatic heterocycles. The van der Waals surface area contributed by atoms with Crippen LogP contribution in [0.2, 0.25) is 5.02 Å². The third-order valence-electron chi connectivity index (χ3n) is 3.73. The molecule has 0 fully saturated rings. The van der Waals surface area contributed by atoms with Crippen LogP contribution < -0.4 is 10.6 Å². The van der Waals surface area contributed by atoms with Crippen LogP contribution in [0.3, 0.4) is 0 Å². The van der Waals surface area contributed by atoms with Crippen LogP contribution in [0.25, 0.3) is 0 Å². The number of aryl methyl sites for hydroxylation is 1. The summed E-state index contributed by atoms with van der Waals surface area (Å²) in [5.41, 5.74) is 2.76. The summed E-state index contributed by atoms with van der Waals surface area (Å²) < 4.78 is 0. The van der Waals surface area contributed by atoms with Gasteiger partial charge in [-0.05, 0) is 48.9 Å². The number of hydrogen-bond acceptors (Lipinski definition) is 3. The number of carbonyl (C=O) groups excluding carboxylic acids is 2. The molecule has 2 amide bonds. The normalized spacial score (nSPS) is 10.2. The van der Waals surface area contributed by atoms with Crippen LogP contribution in [0.4, 0.5) is 11.4 Å². The summed E-state index contributed by atoms with van der Waals surface area (Å²) in [5.74, 6) is -0.682. The van der Waals surface area contributed by atoms with Crippen LogP contribution in [0, 0.1) is 6.92 Å². The number of hydrogen-bond donors (Lipinski definition) is 2. The molecule has 0 aliphatic heterocycles. The zero-order valence-electron chi connectivity index (χ0n) is 14.0. The van der Waals surface area contributed by atoms with E-state index in [9.17, 15) is 9.59 Å². The molecule has 0 atom stereocenters. The quantitative estimate of drug-likeness (QED) is 0.712. The average Bonchev–Trinajstić information content (AvgIpc) is 2.65. The second-order valence-electron chi connectivity index (χ2n) is 5.70. The molecule has 2 N–H and O–H groups in total. The summed E-state index contributed by atoms with van der Waals surface area (Å²) in [5, 5.41) is 6.16. The van der Waals surface area contributed by atoms with Gasteiger partial charge in [0.1, 0.15) is 0 Å². The van der Waals surface area contributed by atoms with Gasteiger partial charge in [-0.1, -0.05) is 29.8 Å². The number of rotatable bonds is 4. The molecule has 26 heavy (non-hydrogen) atoms. The second kappa shape index (κ2) is 7.80. The van der Waals surface area contributed by atoms with E-state index in [0.717, 1.165) is 5.56 Å². The number of nitrogens with zero attached hydrogens (tertiary/aromatic N) is 1. The van der Waals surface area contributed by atoms with Gasteiger partial charge in [0.25, 0.3) is 11.8 Å². The molecular formula is C20H16ClN3O2. The Morgan fingerprint density at radius 1 is 0.885 bits per heavy atom. The third kappa shape index (κ3) is 4.26. The molecule has 3 rings (SSSR count). The minimum Gasteiger partial charge on any atom is -0.322 e. The van der Waals surface area contributed by atoms with Crippen LogP contribution in [-0.2, 0) is 0 Å². The fraction of sp³-hybridized carbons (Fsp3) is 0.0500. The Balaban J connectivity index is 1.76. The largest absolute Gasteiger partial charge is 0.322 e. The molecule has 1 heterocycles. The molecule has 0 aliphatic carbocycles. The predicted octanol–water partition coefficient (Wildman–Crippen LogP) is 4.55. The highest BCUT2D eigenvalue weighted by molar-refractivity contribution is 6.30. The van der Waals surface area contributed by atoms with Gasteiger partial charge in [0.15, 0.2) is 0 Å². The van der Waals surface area contributed by atoms with Crippen LogP contribution in [0.15, 0.2) is 67.0 Å². The number of carbonyl (C=O) groups is 2. The van der Waals surface area contributed by atoms with E-state index in [0.29, 0.717) is 27.5 Å². The van der Waals surface area contributed by atoms with E-state index in [1.54, 1.807) is 30.3 Å². The smallest absolute Gasteiger partial charge is 0.257 e. The maximum absolute atomic E-state index is 12.5. The summed E-state index contributed by atoms with van der Waals surface area (Å²) >= 11 is 5.93. The number of nitrogens with one attached hydrogen (secondary N) is 2. The summed E-state index contributed by atoms with van der Waals surface area (Å²) in [7, 11) is 0. The summed E-state index contributed by atoms with van der Waals surface area (Å²) in [6.07, 6.45) is 2.84. The van der Waals surface area contributed by atoms with Crippen LogP contribution >= 0.6 is 11.6 Å². The molecular weight excluding hydrogens is 350 g/mol. The van der Waals surface area contributed by atoms with Crippen molar-refractivity contribution in [2.24, 2.45) is 0 Å². The Morgan fingerprint density at radius 3 is 2.19 bits per heavy atom. The Kier molecular flexibility index (Phi) is 5.29. The maximum Gasteiger partial charge on any atom is 0.257 e. The molecule has 5 nitrogen and oxygen atoms in total. The lowest BCUT2D eigenvalue weighted by Crippen LogP contribution is -2.16. The van der Waals surface area contributed by atoms with Crippen LogP contribution in [0.5, 0.6) is 0 Å². The van der Waals surface area contributed by atoms with Crippen molar-refractivity contribution >= 4 is 34.8 Å². The van der Waals surface area contributed by atoms with Gasteiger partial charge in [0, 0.05) is 28.8 Å². The first-order valence-corrected chi connectivity index (χ1v) is 8.30. The van der Waals surface area contributed by atoms with Gasteiger partial charge in [-0.15, -0.1) is 0 Å². The van der Waals surface area contributed by atoms with Crippen molar-refractivity contribution in [2.45, 2.75) is 6.92 Å². The minimum atomic E-state index is -0.350. The van der Waals surface area contributed by atoms with Crippen LogP contribution in [-0.4, -0.2) is 16.8 Å². The molecule has 0 saturated carbocycles. The lowest BCUT2D eigenvalue weighted by molar-refractivity contribution is 0.102. The second-order valence-corrected chi connectivity index (χ2v) is 6.13. The SMILES string of the molecule is Cc1cc(Cl)ccc1NC(=O)c1cncc(C(=O)Nc2ccccc2)c1. The Hall–Kier alpha value is -3.18. The molecule has 130 valence electrons. The molecule has 6 heteroatoms. The van der Waals surface area contributed by atoms with E-state index < -0.39 is 0 Å². The molecule has 0 spiro atoms. The van der Waals surface area contributed by atoms with Crippen molar-refractivity contribution in [3.05, 3.63) is 88.7 Å². The molecule has 3 aromatic rings. The highest BCUT2D eigenvalue weighted by atomic mass is 35.5. The predicted molar refractivity (Wildman–Crippen MR) is 103 cm³/mol. The number of anilines is 2. The summed E-state index contributed by atoms with van der Waals surface area (Å²) in [6, 6.07) is 15.8. The van der Waals surface area contributed by atoms with Crippen molar-refractivity contribution in [3.63, 3.8) is 0 Å². The fourth-order valence-electron chi connectivity index (χ4n) is 2.37. The number of halogens is 1. The molecule has 0 radical (unpaired) electrons. The number of pyridine rings is 1. The first-order valence-electron chi connectivity index (χ1n) is 7.92. The minimum absolute atomic E-state index is 0.292. The molecule has 0 aliphatic rings. The molecule has 0 unspecified atom stereocenters. The Labute approximate surface area is 156 Å². The van der Waals surface area contributed by atoms with Gasteiger partial charge in [0.05, 0.1) is 11.1 Å². The number of para-hydroxylation sites is 1. The molecule has 0 bridgehead atoms.